The van der Waals surface area contributed by atoms with Crippen LogP contribution in [0.25, 0.3) is 10.8 Å². The summed E-state index contributed by atoms with van der Waals surface area (Å²) in [5.74, 6) is 0.979. The maximum Gasteiger partial charge on any atom is 0.122 e. The van der Waals surface area contributed by atoms with Crippen molar-refractivity contribution in [3.8, 4) is 5.75 Å². The summed E-state index contributed by atoms with van der Waals surface area (Å²) in [6.45, 7) is 0. The lowest BCUT2D eigenvalue weighted by Gasteiger charge is -2.09. The number of para-hydroxylation sites is 1. The number of aryl methyl sites for hydroxylation is 2. The molecule has 0 saturated heterocycles. The van der Waals surface area contributed by atoms with Crippen LogP contribution < -0.4 is 4.74 Å². The fourth-order valence-electron chi connectivity index (χ4n) is 2.69. The monoisotopic (exact) mass is 262 g/mol. The van der Waals surface area contributed by atoms with E-state index in [1.807, 2.05) is 12.1 Å². The van der Waals surface area contributed by atoms with E-state index in [0.29, 0.717) is 0 Å². The van der Waals surface area contributed by atoms with Crippen LogP contribution in [0.15, 0.2) is 66.7 Å². The number of hydrogen-bond acceptors (Lipinski definition) is 1. The van der Waals surface area contributed by atoms with Crippen LogP contribution >= 0.6 is 0 Å². The van der Waals surface area contributed by atoms with Crippen LogP contribution in [0.2, 0.25) is 0 Å². The molecule has 0 aliphatic heterocycles. The third kappa shape index (κ3) is 2.53. The first-order chi connectivity index (χ1) is 9.88. The lowest BCUT2D eigenvalue weighted by molar-refractivity contribution is 0.409. The van der Waals surface area contributed by atoms with Gasteiger partial charge in [-0.3, -0.25) is 0 Å². The topological polar surface area (TPSA) is 9.23 Å². The second kappa shape index (κ2) is 5.79. The molecular weight excluding hydrogens is 244 g/mol. The summed E-state index contributed by atoms with van der Waals surface area (Å²) in [5.41, 5.74) is 2.66. The van der Waals surface area contributed by atoms with Crippen LogP contribution in [0.4, 0.5) is 0 Å². The van der Waals surface area contributed by atoms with Crippen molar-refractivity contribution in [2.75, 3.05) is 7.11 Å². The van der Waals surface area contributed by atoms with Gasteiger partial charge >= 0.3 is 0 Å². The minimum Gasteiger partial charge on any atom is -0.496 e. The van der Waals surface area contributed by atoms with E-state index in [9.17, 15) is 0 Å². The summed E-state index contributed by atoms with van der Waals surface area (Å²) in [4.78, 5) is 0. The predicted molar refractivity (Wildman–Crippen MR) is 84.4 cm³/mol. The average molecular weight is 262 g/mol. The zero-order valence-corrected chi connectivity index (χ0v) is 11.7. The molecule has 0 spiro atoms. The highest BCUT2D eigenvalue weighted by atomic mass is 16.5. The quantitative estimate of drug-likeness (QED) is 0.666. The third-order valence-corrected chi connectivity index (χ3v) is 3.74. The van der Waals surface area contributed by atoms with Crippen molar-refractivity contribution < 1.29 is 4.74 Å². The van der Waals surface area contributed by atoms with Gasteiger partial charge in [-0.15, -0.1) is 0 Å². The van der Waals surface area contributed by atoms with E-state index in [-0.39, 0.29) is 0 Å². The molecule has 0 unspecified atom stereocenters. The molecule has 100 valence electrons. The number of hydrogen-bond donors (Lipinski definition) is 0. The fourth-order valence-corrected chi connectivity index (χ4v) is 2.69. The molecule has 0 aromatic heterocycles. The van der Waals surface area contributed by atoms with Gasteiger partial charge in [0.25, 0.3) is 0 Å². The van der Waals surface area contributed by atoms with E-state index >= 15 is 0 Å². The minimum absolute atomic E-state index is 0.979. The summed E-state index contributed by atoms with van der Waals surface area (Å²) in [6, 6.07) is 23.3. The van der Waals surface area contributed by atoms with Crippen molar-refractivity contribution in [2.45, 2.75) is 12.8 Å². The first kappa shape index (κ1) is 12.7. The number of methoxy groups -OCH3 is 1. The highest BCUT2D eigenvalue weighted by Gasteiger charge is 2.04. The maximum atomic E-state index is 5.42. The van der Waals surface area contributed by atoms with E-state index in [4.69, 9.17) is 4.74 Å². The number of benzene rings is 3. The van der Waals surface area contributed by atoms with Gasteiger partial charge in [-0.05, 0) is 40.8 Å². The third-order valence-electron chi connectivity index (χ3n) is 3.74. The molecule has 0 aliphatic rings. The first-order valence-electron chi connectivity index (χ1n) is 6.97. The highest BCUT2D eigenvalue weighted by Crippen LogP contribution is 2.23. The Morgan fingerprint density at radius 3 is 2.25 bits per heavy atom. The second-order valence-electron chi connectivity index (χ2n) is 4.95. The van der Waals surface area contributed by atoms with Gasteiger partial charge in [0.05, 0.1) is 7.11 Å². The minimum atomic E-state index is 0.979. The van der Waals surface area contributed by atoms with Gasteiger partial charge in [0.2, 0.25) is 0 Å². The van der Waals surface area contributed by atoms with Gasteiger partial charge in [0, 0.05) is 0 Å². The molecule has 0 atom stereocenters. The fraction of sp³-hybridized carbons (Fsp3) is 0.158. The molecule has 3 rings (SSSR count). The summed E-state index contributed by atoms with van der Waals surface area (Å²) < 4.78 is 5.42. The summed E-state index contributed by atoms with van der Waals surface area (Å²) >= 11 is 0. The molecule has 0 bridgehead atoms. The van der Waals surface area contributed by atoms with Crippen molar-refractivity contribution in [1.29, 1.82) is 0 Å². The standard InChI is InChI=1S/C19H18O/c1-20-19-12-5-3-8-17(19)14-13-16-10-6-9-15-7-2-4-11-18(15)16/h2-12H,13-14H2,1H3. The molecule has 20 heavy (non-hydrogen) atoms. The van der Waals surface area contributed by atoms with Crippen LogP contribution in [0.1, 0.15) is 11.1 Å². The normalized spacial score (nSPS) is 10.7. The van der Waals surface area contributed by atoms with E-state index in [2.05, 4.69) is 54.6 Å². The molecule has 0 N–H and O–H groups in total. The van der Waals surface area contributed by atoms with Crippen LogP contribution in [0.3, 0.4) is 0 Å². The Morgan fingerprint density at radius 1 is 0.700 bits per heavy atom. The van der Waals surface area contributed by atoms with Gasteiger partial charge in [0.1, 0.15) is 5.75 Å². The van der Waals surface area contributed by atoms with E-state index < -0.39 is 0 Å². The van der Waals surface area contributed by atoms with Gasteiger partial charge in [-0.25, -0.2) is 0 Å². The molecule has 3 aromatic rings. The second-order valence-corrected chi connectivity index (χ2v) is 4.95. The zero-order chi connectivity index (χ0) is 13.8. The molecule has 3 aromatic carbocycles. The molecule has 0 amide bonds. The van der Waals surface area contributed by atoms with Gasteiger partial charge in [-0.1, -0.05) is 60.7 Å². The Bertz CT molecular complexity index is 710. The van der Waals surface area contributed by atoms with Crippen LogP contribution in [0, 0.1) is 0 Å². The highest BCUT2D eigenvalue weighted by molar-refractivity contribution is 5.85. The maximum absolute atomic E-state index is 5.42. The predicted octanol–water partition coefficient (Wildman–Crippen LogP) is 4.63. The Kier molecular flexibility index (Phi) is 3.69. The Morgan fingerprint density at radius 2 is 1.35 bits per heavy atom. The van der Waals surface area contributed by atoms with Crippen molar-refractivity contribution in [2.24, 2.45) is 0 Å². The Hall–Kier alpha value is -2.28. The van der Waals surface area contributed by atoms with Crippen LogP contribution in [-0.4, -0.2) is 7.11 Å². The van der Waals surface area contributed by atoms with Crippen LogP contribution in [0.5, 0.6) is 5.75 Å². The Labute approximate surface area is 119 Å². The SMILES string of the molecule is COc1ccccc1CCc1cccc2ccccc12. The van der Waals surface area contributed by atoms with E-state index in [1.54, 1.807) is 7.11 Å². The van der Waals surface area contributed by atoms with Gasteiger partial charge in [0.15, 0.2) is 0 Å². The van der Waals surface area contributed by atoms with Crippen molar-refractivity contribution in [3.05, 3.63) is 77.9 Å². The molecule has 0 fully saturated rings. The summed E-state index contributed by atoms with van der Waals surface area (Å²) in [7, 11) is 1.73. The molecule has 0 radical (unpaired) electrons. The molecule has 1 nitrogen and oxygen atoms in total. The van der Waals surface area contributed by atoms with Crippen molar-refractivity contribution in [3.63, 3.8) is 0 Å². The molecular formula is C19H18O. The Balaban J connectivity index is 1.87. The lowest BCUT2D eigenvalue weighted by Crippen LogP contribution is -1.96. The zero-order valence-electron chi connectivity index (χ0n) is 11.7. The molecule has 0 aliphatic carbocycles. The number of ether oxygens (including phenoxy) is 1. The molecule has 1 heteroatoms. The van der Waals surface area contributed by atoms with Gasteiger partial charge < -0.3 is 4.74 Å². The first-order valence-corrected chi connectivity index (χ1v) is 6.97. The molecule has 0 heterocycles. The van der Waals surface area contributed by atoms with Crippen molar-refractivity contribution in [1.82, 2.24) is 0 Å². The molecule has 0 saturated carbocycles. The lowest BCUT2D eigenvalue weighted by atomic mass is 9.98. The van der Waals surface area contributed by atoms with Crippen molar-refractivity contribution >= 4 is 10.8 Å². The smallest absolute Gasteiger partial charge is 0.122 e. The van der Waals surface area contributed by atoms with E-state index in [0.717, 1.165) is 18.6 Å². The van der Waals surface area contributed by atoms with Crippen LogP contribution in [-0.2, 0) is 12.8 Å². The summed E-state index contributed by atoms with van der Waals surface area (Å²) in [6.07, 6.45) is 2.03. The van der Waals surface area contributed by atoms with Gasteiger partial charge in [-0.2, -0.15) is 0 Å². The summed E-state index contributed by atoms with van der Waals surface area (Å²) in [5, 5.41) is 2.66. The van der Waals surface area contributed by atoms with E-state index in [1.165, 1.54) is 21.9 Å². The number of fused-ring (bicyclic) bond motifs is 1. The average Bonchev–Trinajstić information content (AvgIpc) is 2.53. The largest absolute Gasteiger partial charge is 0.496 e. The number of rotatable bonds is 4.